The van der Waals surface area contributed by atoms with E-state index in [2.05, 4.69) is 69.8 Å². The molecule has 0 unspecified atom stereocenters. The summed E-state index contributed by atoms with van der Waals surface area (Å²) in [7, 11) is 1.66. The summed E-state index contributed by atoms with van der Waals surface area (Å²) < 4.78 is 12.0. The second-order valence-corrected chi connectivity index (χ2v) is 6.28. The minimum absolute atomic E-state index is 0.600. The summed E-state index contributed by atoms with van der Waals surface area (Å²) in [6, 6.07) is 18.7. The van der Waals surface area contributed by atoms with Crippen LogP contribution in [0.15, 0.2) is 59.1 Å². The van der Waals surface area contributed by atoms with Crippen LogP contribution >= 0.6 is 15.9 Å². The number of fused-ring (bicyclic) bond motifs is 1. The molecule has 124 valence electrons. The van der Waals surface area contributed by atoms with E-state index in [1.165, 1.54) is 10.8 Å². The van der Waals surface area contributed by atoms with Crippen LogP contribution in [0.2, 0.25) is 0 Å². The predicted molar refractivity (Wildman–Crippen MR) is 103 cm³/mol. The first-order valence-electron chi connectivity index (χ1n) is 7.93. The summed E-state index contributed by atoms with van der Waals surface area (Å²) in [6.07, 6.45) is 0. The first kappa shape index (κ1) is 16.7. The number of methoxy groups -OCH3 is 1. The monoisotopic (exact) mass is 385 g/mol. The Bertz CT molecular complexity index is 843. The third kappa shape index (κ3) is 3.49. The van der Waals surface area contributed by atoms with Gasteiger partial charge < -0.3 is 14.8 Å². The van der Waals surface area contributed by atoms with Crippen molar-refractivity contribution in [2.75, 3.05) is 19.0 Å². The Hall–Kier alpha value is -2.20. The maximum atomic E-state index is 5.64. The van der Waals surface area contributed by atoms with E-state index in [1.54, 1.807) is 7.11 Å². The third-order valence-electron chi connectivity index (χ3n) is 3.85. The number of hydrogen-bond acceptors (Lipinski definition) is 3. The molecule has 0 aliphatic carbocycles. The minimum Gasteiger partial charge on any atom is -0.493 e. The SMILES string of the molecule is CCOc1c(Br)cc(CNc2cccc3ccccc23)cc1OC. The molecule has 0 saturated heterocycles. The molecule has 0 atom stereocenters. The maximum Gasteiger partial charge on any atom is 0.175 e. The van der Waals surface area contributed by atoms with Crippen molar-refractivity contribution in [3.63, 3.8) is 0 Å². The molecule has 3 aromatic rings. The van der Waals surface area contributed by atoms with Crippen LogP contribution in [0.5, 0.6) is 11.5 Å². The lowest BCUT2D eigenvalue weighted by Gasteiger charge is -2.15. The molecular formula is C20H20BrNO2. The maximum absolute atomic E-state index is 5.64. The van der Waals surface area contributed by atoms with Gasteiger partial charge in [0.2, 0.25) is 0 Å². The van der Waals surface area contributed by atoms with Crippen LogP contribution in [-0.2, 0) is 6.54 Å². The molecule has 0 radical (unpaired) electrons. The van der Waals surface area contributed by atoms with E-state index in [1.807, 2.05) is 13.0 Å². The molecule has 3 aromatic carbocycles. The van der Waals surface area contributed by atoms with Crippen LogP contribution in [-0.4, -0.2) is 13.7 Å². The van der Waals surface area contributed by atoms with Gasteiger partial charge in [-0.25, -0.2) is 0 Å². The van der Waals surface area contributed by atoms with E-state index >= 15 is 0 Å². The largest absolute Gasteiger partial charge is 0.493 e. The van der Waals surface area contributed by atoms with Crippen molar-refractivity contribution in [3.8, 4) is 11.5 Å². The highest BCUT2D eigenvalue weighted by atomic mass is 79.9. The van der Waals surface area contributed by atoms with Crippen LogP contribution in [0.3, 0.4) is 0 Å². The first-order chi connectivity index (χ1) is 11.7. The number of rotatable bonds is 6. The lowest BCUT2D eigenvalue weighted by molar-refractivity contribution is 0.308. The summed E-state index contributed by atoms with van der Waals surface area (Å²) in [4.78, 5) is 0. The molecule has 0 heterocycles. The van der Waals surface area contributed by atoms with E-state index in [-0.39, 0.29) is 0 Å². The van der Waals surface area contributed by atoms with Gasteiger partial charge >= 0.3 is 0 Å². The van der Waals surface area contributed by atoms with Gasteiger partial charge in [0.05, 0.1) is 18.2 Å². The summed E-state index contributed by atoms with van der Waals surface area (Å²) >= 11 is 3.57. The highest BCUT2D eigenvalue weighted by Gasteiger charge is 2.11. The van der Waals surface area contributed by atoms with Crippen LogP contribution in [0.25, 0.3) is 10.8 Å². The average molecular weight is 386 g/mol. The Morgan fingerprint density at radius 3 is 2.62 bits per heavy atom. The average Bonchev–Trinajstić information content (AvgIpc) is 2.61. The summed E-state index contributed by atoms with van der Waals surface area (Å²) in [5.74, 6) is 1.48. The number of benzene rings is 3. The van der Waals surface area contributed by atoms with E-state index in [4.69, 9.17) is 9.47 Å². The van der Waals surface area contributed by atoms with Gasteiger partial charge in [-0.1, -0.05) is 36.4 Å². The zero-order valence-corrected chi connectivity index (χ0v) is 15.4. The zero-order chi connectivity index (χ0) is 16.9. The summed E-state index contributed by atoms with van der Waals surface area (Å²) in [5.41, 5.74) is 2.24. The van der Waals surface area contributed by atoms with Crippen LogP contribution < -0.4 is 14.8 Å². The van der Waals surface area contributed by atoms with Crippen molar-refractivity contribution >= 4 is 32.4 Å². The van der Waals surface area contributed by atoms with E-state index in [9.17, 15) is 0 Å². The lowest BCUT2D eigenvalue weighted by atomic mass is 10.1. The Morgan fingerprint density at radius 2 is 1.83 bits per heavy atom. The molecule has 0 saturated carbocycles. The fraction of sp³-hybridized carbons (Fsp3) is 0.200. The molecule has 0 bridgehead atoms. The van der Waals surface area contributed by atoms with Gasteiger partial charge in [-0.3, -0.25) is 0 Å². The quantitative estimate of drug-likeness (QED) is 0.596. The Kier molecular flexibility index (Phi) is 5.26. The standard InChI is InChI=1S/C20H20BrNO2/c1-3-24-20-17(21)11-14(12-19(20)23-2)13-22-18-10-6-8-15-7-4-5-9-16(15)18/h4-12,22H,3,13H2,1-2H3. The smallest absolute Gasteiger partial charge is 0.175 e. The van der Waals surface area contributed by atoms with Gasteiger partial charge in [0.25, 0.3) is 0 Å². The number of hydrogen-bond donors (Lipinski definition) is 1. The highest BCUT2D eigenvalue weighted by Crippen LogP contribution is 2.37. The fourth-order valence-electron chi connectivity index (χ4n) is 2.74. The highest BCUT2D eigenvalue weighted by molar-refractivity contribution is 9.10. The summed E-state index contributed by atoms with van der Waals surface area (Å²) in [6.45, 7) is 3.26. The van der Waals surface area contributed by atoms with E-state index < -0.39 is 0 Å². The molecule has 3 rings (SSSR count). The zero-order valence-electron chi connectivity index (χ0n) is 13.8. The van der Waals surface area contributed by atoms with Gasteiger partial charge in [-0.2, -0.15) is 0 Å². The molecule has 1 N–H and O–H groups in total. The number of halogens is 1. The van der Waals surface area contributed by atoms with E-state index in [0.717, 1.165) is 27.2 Å². The van der Waals surface area contributed by atoms with Gasteiger partial charge in [0, 0.05) is 17.6 Å². The predicted octanol–water partition coefficient (Wildman–Crippen LogP) is 5.62. The van der Waals surface area contributed by atoms with Gasteiger partial charge in [0.15, 0.2) is 11.5 Å². The molecule has 0 aliphatic heterocycles. The molecule has 4 heteroatoms. The molecular weight excluding hydrogens is 366 g/mol. The molecule has 0 amide bonds. The van der Waals surface area contributed by atoms with Gasteiger partial charge in [-0.05, 0) is 52.0 Å². The van der Waals surface area contributed by atoms with Crippen LogP contribution in [0.4, 0.5) is 5.69 Å². The second-order valence-electron chi connectivity index (χ2n) is 5.42. The number of nitrogens with one attached hydrogen (secondary N) is 1. The molecule has 0 aliphatic rings. The Balaban J connectivity index is 1.85. The van der Waals surface area contributed by atoms with Crippen molar-refractivity contribution in [2.24, 2.45) is 0 Å². The molecule has 24 heavy (non-hydrogen) atoms. The molecule has 0 fully saturated rings. The van der Waals surface area contributed by atoms with Crippen molar-refractivity contribution in [2.45, 2.75) is 13.5 Å². The number of anilines is 1. The number of ether oxygens (including phenoxy) is 2. The normalized spacial score (nSPS) is 10.6. The second kappa shape index (κ2) is 7.58. The topological polar surface area (TPSA) is 30.5 Å². The Morgan fingerprint density at radius 1 is 1.04 bits per heavy atom. The third-order valence-corrected chi connectivity index (χ3v) is 4.44. The minimum atomic E-state index is 0.600. The van der Waals surface area contributed by atoms with Gasteiger partial charge in [0.1, 0.15) is 0 Å². The van der Waals surface area contributed by atoms with Gasteiger partial charge in [-0.15, -0.1) is 0 Å². The fourth-order valence-corrected chi connectivity index (χ4v) is 3.34. The Labute approximate surface area is 150 Å². The molecule has 0 spiro atoms. The van der Waals surface area contributed by atoms with Crippen molar-refractivity contribution in [1.82, 2.24) is 0 Å². The van der Waals surface area contributed by atoms with E-state index in [0.29, 0.717) is 13.2 Å². The summed E-state index contributed by atoms with van der Waals surface area (Å²) in [5, 5.41) is 5.97. The lowest BCUT2D eigenvalue weighted by Crippen LogP contribution is -2.02. The molecule has 3 nitrogen and oxygen atoms in total. The van der Waals surface area contributed by atoms with Crippen LogP contribution in [0.1, 0.15) is 12.5 Å². The first-order valence-corrected chi connectivity index (χ1v) is 8.73. The van der Waals surface area contributed by atoms with Crippen molar-refractivity contribution < 1.29 is 9.47 Å². The molecule has 0 aromatic heterocycles. The van der Waals surface area contributed by atoms with Crippen molar-refractivity contribution in [1.29, 1.82) is 0 Å². The van der Waals surface area contributed by atoms with Crippen LogP contribution in [0, 0.1) is 0 Å². The van der Waals surface area contributed by atoms with Crippen molar-refractivity contribution in [3.05, 3.63) is 64.6 Å².